The maximum absolute atomic E-state index is 13.5. The molecule has 0 bridgehead atoms. The Labute approximate surface area is 164 Å². The van der Waals surface area contributed by atoms with Crippen LogP contribution in [-0.2, 0) is 14.8 Å². The molecular weight excluding hydrogens is 386 g/mol. The second-order valence-electron chi connectivity index (χ2n) is 6.48. The van der Waals surface area contributed by atoms with E-state index in [1.165, 1.54) is 6.07 Å². The molecule has 2 aromatic carbocycles. The highest BCUT2D eigenvalue weighted by Crippen LogP contribution is 2.21. The fourth-order valence-corrected chi connectivity index (χ4v) is 3.84. The summed E-state index contributed by atoms with van der Waals surface area (Å²) in [6, 6.07) is 12.3. The topological polar surface area (TPSA) is 66.5 Å². The number of anilines is 1. The third-order valence-electron chi connectivity index (χ3n) is 4.30. The van der Waals surface area contributed by atoms with Gasteiger partial charge in [-0.25, -0.2) is 17.2 Å². The Morgan fingerprint density at radius 3 is 2.36 bits per heavy atom. The summed E-state index contributed by atoms with van der Waals surface area (Å²) in [4.78, 5) is 12.3. The van der Waals surface area contributed by atoms with Crippen LogP contribution in [0.15, 0.2) is 48.5 Å². The molecule has 0 aliphatic rings. The molecule has 1 atom stereocenters. The van der Waals surface area contributed by atoms with Crippen molar-refractivity contribution in [3.8, 4) is 0 Å². The number of halogens is 2. The largest absolute Gasteiger partial charge is 0.349 e. The third-order valence-corrected chi connectivity index (χ3v) is 5.50. The van der Waals surface area contributed by atoms with E-state index in [2.05, 4.69) is 5.32 Å². The summed E-state index contributed by atoms with van der Waals surface area (Å²) in [6.45, 7) is 1.95. The Hall–Kier alpha value is -2.48. The number of nitrogens with one attached hydrogen (secondary N) is 1. The predicted octanol–water partition coefficient (Wildman–Crippen LogP) is 3.78. The van der Waals surface area contributed by atoms with Gasteiger partial charge in [-0.3, -0.25) is 9.10 Å². The summed E-state index contributed by atoms with van der Waals surface area (Å²) in [5.74, 6) is -2.38. The summed E-state index contributed by atoms with van der Waals surface area (Å²) in [5, 5.41) is 2.94. The molecule has 0 fully saturated rings. The summed E-state index contributed by atoms with van der Waals surface area (Å²) in [6.07, 6.45) is 2.05. The van der Waals surface area contributed by atoms with Crippen LogP contribution in [0.1, 0.15) is 37.8 Å². The Morgan fingerprint density at radius 1 is 1.11 bits per heavy atom. The van der Waals surface area contributed by atoms with Crippen LogP contribution in [0.5, 0.6) is 0 Å². The fourth-order valence-electron chi connectivity index (χ4n) is 2.88. The molecule has 0 spiro atoms. The molecule has 2 rings (SSSR count). The van der Waals surface area contributed by atoms with Crippen molar-refractivity contribution in [1.82, 2.24) is 5.32 Å². The van der Waals surface area contributed by atoms with E-state index in [1.807, 2.05) is 37.3 Å². The standard InChI is InChI=1S/C20H24F2N2O3S/c1-3-19(15-8-5-4-6-9-15)23-20(25)10-7-13-24(28(2,26)27)16-11-12-17(21)18(22)14-16/h4-6,8-9,11-12,14,19H,3,7,10,13H2,1-2H3,(H,23,25)/t19-/m1/s1. The average molecular weight is 410 g/mol. The molecule has 0 aliphatic carbocycles. The van der Waals surface area contributed by atoms with Crippen molar-refractivity contribution in [3.63, 3.8) is 0 Å². The van der Waals surface area contributed by atoms with Crippen molar-refractivity contribution in [2.45, 2.75) is 32.2 Å². The molecule has 2 aromatic rings. The molecule has 0 saturated carbocycles. The van der Waals surface area contributed by atoms with Gasteiger partial charge in [-0.1, -0.05) is 37.3 Å². The molecule has 0 heterocycles. The van der Waals surface area contributed by atoms with Crippen molar-refractivity contribution in [1.29, 1.82) is 0 Å². The SMILES string of the molecule is CC[C@@H](NC(=O)CCCN(c1ccc(F)c(F)c1)S(C)(=O)=O)c1ccccc1. The first-order valence-electron chi connectivity index (χ1n) is 8.99. The molecular formula is C20H24F2N2O3S. The molecule has 0 unspecified atom stereocenters. The monoisotopic (exact) mass is 410 g/mol. The van der Waals surface area contributed by atoms with Gasteiger partial charge in [0.2, 0.25) is 15.9 Å². The van der Waals surface area contributed by atoms with Gasteiger partial charge in [0, 0.05) is 19.0 Å². The van der Waals surface area contributed by atoms with Gasteiger partial charge in [0.25, 0.3) is 0 Å². The number of rotatable bonds is 9. The van der Waals surface area contributed by atoms with Crippen LogP contribution in [-0.4, -0.2) is 27.1 Å². The van der Waals surface area contributed by atoms with Gasteiger partial charge in [0.05, 0.1) is 18.0 Å². The molecule has 0 aromatic heterocycles. The quantitative estimate of drug-likeness (QED) is 0.684. The van der Waals surface area contributed by atoms with Gasteiger partial charge in [-0.2, -0.15) is 0 Å². The van der Waals surface area contributed by atoms with Crippen LogP contribution >= 0.6 is 0 Å². The van der Waals surface area contributed by atoms with Crippen molar-refractivity contribution in [2.75, 3.05) is 17.1 Å². The first-order chi connectivity index (χ1) is 13.2. The number of carbonyl (C=O) groups is 1. The molecule has 5 nitrogen and oxygen atoms in total. The molecule has 152 valence electrons. The molecule has 28 heavy (non-hydrogen) atoms. The van der Waals surface area contributed by atoms with Crippen LogP contribution in [0, 0.1) is 11.6 Å². The lowest BCUT2D eigenvalue weighted by Crippen LogP contribution is -2.33. The highest BCUT2D eigenvalue weighted by atomic mass is 32.2. The van der Waals surface area contributed by atoms with Crippen LogP contribution < -0.4 is 9.62 Å². The molecule has 0 radical (unpaired) electrons. The zero-order valence-electron chi connectivity index (χ0n) is 15.9. The third kappa shape index (κ3) is 6.02. The van der Waals surface area contributed by atoms with Crippen LogP contribution in [0.3, 0.4) is 0 Å². The van der Waals surface area contributed by atoms with Crippen LogP contribution in [0.4, 0.5) is 14.5 Å². The van der Waals surface area contributed by atoms with Crippen molar-refractivity contribution in [3.05, 3.63) is 65.7 Å². The first-order valence-corrected chi connectivity index (χ1v) is 10.8. The summed E-state index contributed by atoms with van der Waals surface area (Å²) in [7, 11) is -3.70. The molecule has 0 aliphatic heterocycles. The second kappa shape index (κ2) is 9.64. The highest BCUT2D eigenvalue weighted by molar-refractivity contribution is 7.92. The number of amides is 1. The van der Waals surface area contributed by atoms with Gasteiger partial charge in [-0.05, 0) is 30.5 Å². The van der Waals surface area contributed by atoms with E-state index in [9.17, 15) is 22.0 Å². The number of hydrogen-bond donors (Lipinski definition) is 1. The summed E-state index contributed by atoms with van der Waals surface area (Å²) in [5.41, 5.74) is 1.02. The van der Waals surface area contributed by atoms with E-state index in [4.69, 9.17) is 0 Å². The molecule has 8 heteroatoms. The zero-order valence-corrected chi connectivity index (χ0v) is 16.7. The van der Waals surface area contributed by atoms with E-state index in [1.54, 1.807) is 0 Å². The number of sulfonamides is 1. The van der Waals surface area contributed by atoms with Gasteiger partial charge < -0.3 is 5.32 Å². The van der Waals surface area contributed by atoms with Crippen molar-refractivity contribution >= 4 is 21.6 Å². The molecule has 0 saturated heterocycles. The van der Waals surface area contributed by atoms with E-state index in [0.29, 0.717) is 0 Å². The average Bonchev–Trinajstić information content (AvgIpc) is 2.65. The van der Waals surface area contributed by atoms with Crippen molar-refractivity contribution < 1.29 is 22.0 Å². The van der Waals surface area contributed by atoms with Gasteiger partial charge >= 0.3 is 0 Å². The first kappa shape index (κ1) is 21.8. The number of hydrogen-bond acceptors (Lipinski definition) is 3. The van der Waals surface area contributed by atoms with Gasteiger partial charge in [0.15, 0.2) is 11.6 Å². The summed E-state index contributed by atoms with van der Waals surface area (Å²) >= 11 is 0. The normalized spacial score (nSPS) is 12.4. The summed E-state index contributed by atoms with van der Waals surface area (Å²) < 4.78 is 51.6. The minimum absolute atomic E-state index is 0.0144. The lowest BCUT2D eigenvalue weighted by atomic mass is 10.0. The van der Waals surface area contributed by atoms with Crippen LogP contribution in [0.2, 0.25) is 0 Å². The second-order valence-corrected chi connectivity index (χ2v) is 8.38. The lowest BCUT2D eigenvalue weighted by molar-refractivity contribution is -0.121. The molecule has 1 N–H and O–H groups in total. The molecule has 1 amide bonds. The Kier molecular flexibility index (Phi) is 7.51. The van der Waals surface area contributed by atoms with E-state index in [-0.39, 0.29) is 37.0 Å². The smallest absolute Gasteiger partial charge is 0.232 e. The van der Waals surface area contributed by atoms with Crippen LogP contribution in [0.25, 0.3) is 0 Å². The van der Waals surface area contributed by atoms with Gasteiger partial charge in [0.1, 0.15) is 0 Å². The zero-order chi connectivity index (χ0) is 20.7. The highest BCUT2D eigenvalue weighted by Gasteiger charge is 2.19. The Bertz CT molecular complexity index is 905. The Balaban J connectivity index is 1.98. The van der Waals surface area contributed by atoms with E-state index < -0.39 is 21.7 Å². The Morgan fingerprint density at radius 2 is 1.79 bits per heavy atom. The minimum Gasteiger partial charge on any atom is -0.349 e. The lowest BCUT2D eigenvalue weighted by Gasteiger charge is -2.23. The van der Waals surface area contributed by atoms with E-state index >= 15 is 0 Å². The fraction of sp³-hybridized carbons (Fsp3) is 0.350. The maximum atomic E-state index is 13.5. The maximum Gasteiger partial charge on any atom is 0.232 e. The predicted molar refractivity (Wildman–Crippen MR) is 105 cm³/mol. The number of nitrogens with zero attached hydrogens (tertiary/aromatic N) is 1. The van der Waals surface area contributed by atoms with Gasteiger partial charge in [-0.15, -0.1) is 0 Å². The van der Waals surface area contributed by atoms with Crippen molar-refractivity contribution in [2.24, 2.45) is 0 Å². The minimum atomic E-state index is -3.70. The van der Waals surface area contributed by atoms with E-state index in [0.717, 1.165) is 34.7 Å². The number of benzene rings is 2. The number of carbonyl (C=O) groups excluding carboxylic acids is 1.